The molecule has 1 N–H and O–H groups in total. The van der Waals surface area contributed by atoms with Crippen molar-refractivity contribution in [1.82, 2.24) is 0 Å². The molecule has 1 fully saturated rings. The van der Waals surface area contributed by atoms with Crippen LogP contribution in [0.3, 0.4) is 0 Å². The maximum Gasteiger partial charge on any atom is 0.411 e. The van der Waals surface area contributed by atoms with Gasteiger partial charge in [0.1, 0.15) is 6.10 Å². The van der Waals surface area contributed by atoms with E-state index in [1.165, 1.54) is 6.42 Å². The maximum atomic E-state index is 11.9. The molecule has 19 heavy (non-hydrogen) atoms. The molecule has 0 radical (unpaired) electrons. The van der Waals surface area contributed by atoms with E-state index in [-0.39, 0.29) is 6.10 Å². The van der Waals surface area contributed by atoms with Crippen LogP contribution in [-0.2, 0) is 4.74 Å². The number of carbonyl (C=O) groups is 1. The second kappa shape index (κ2) is 6.49. The van der Waals surface area contributed by atoms with E-state index in [9.17, 15) is 4.79 Å². The zero-order chi connectivity index (χ0) is 13.8. The summed E-state index contributed by atoms with van der Waals surface area (Å²) in [5.41, 5.74) is 0.475. The van der Waals surface area contributed by atoms with Crippen molar-refractivity contribution in [2.24, 2.45) is 5.92 Å². The summed E-state index contributed by atoms with van der Waals surface area (Å²) in [4.78, 5) is 11.9. The predicted molar refractivity (Wildman–Crippen MR) is 78.0 cm³/mol. The van der Waals surface area contributed by atoms with E-state index in [1.54, 1.807) is 18.2 Å². The third-order valence-corrected chi connectivity index (χ3v) is 4.30. The Bertz CT molecular complexity index is 465. The van der Waals surface area contributed by atoms with E-state index in [0.717, 1.165) is 19.3 Å². The molecule has 3 nitrogen and oxygen atoms in total. The van der Waals surface area contributed by atoms with Crippen LogP contribution >= 0.6 is 23.2 Å². The molecule has 1 aliphatic rings. The molecule has 1 amide bonds. The van der Waals surface area contributed by atoms with Crippen molar-refractivity contribution in [2.45, 2.75) is 38.7 Å². The molecule has 2 rings (SSSR count). The van der Waals surface area contributed by atoms with Crippen molar-refractivity contribution in [1.29, 1.82) is 0 Å². The van der Waals surface area contributed by atoms with Gasteiger partial charge in [0.05, 0.1) is 15.7 Å². The molecule has 5 heteroatoms. The Morgan fingerprint density at radius 1 is 1.32 bits per heavy atom. The summed E-state index contributed by atoms with van der Waals surface area (Å²) in [6, 6.07) is 5.09. The topological polar surface area (TPSA) is 38.3 Å². The van der Waals surface area contributed by atoms with Crippen LogP contribution < -0.4 is 5.32 Å². The number of nitrogens with one attached hydrogen (secondary N) is 1. The van der Waals surface area contributed by atoms with Gasteiger partial charge in [0.15, 0.2) is 0 Å². The summed E-state index contributed by atoms with van der Waals surface area (Å²) in [6.07, 6.45) is 3.88. The molecule has 0 heterocycles. The average molecular weight is 302 g/mol. The first-order valence-electron chi connectivity index (χ1n) is 6.49. The first-order chi connectivity index (χ1) is 9.08. The molecule has 0 aliphatic heterocycles. The van der Waals surface area contributed by atoms with Crippen molar-refractivity contribution in [3.8, 4) is 0 Å². The molecule has 1 aliphatic carbocycles. The Morgan fingerprint density at radius 2 is 2.05 bits per heavy atom. The number of amides is 1. The molecular weight excluding hydrogens is 285 g/mol. The minimum absolute atomic E-state index is 0.00768. The molecule has 0 unspecified atom stereocenters. The highest BCUT2D eigenvalue weighted by molar-refractivity contribution is 6.43. The first-order valence-corrected chi connectivity index (χ1v) is 7.25. The number of halogens is 2. The smallest absolute Gasteiger partial charge is 0.411 e. The molecule has 0 aromatic heterocycles. The molecule has 0 saturated heterocycles. The normalized spacial score (nSPS) is 22.9. The number of hydrogen-bond acceptors (Lipinski definition) is 2. The first kappa shape index (κ1) is 14.5. The highest BCUT2D eigenvalue weighted by Crippen LogP contribution is 2.30. The molecule has 0 bridgehead atoms. The minimum Gasteiger partial charge on any atom is -0.446 e. The molecule has 2 atom stereocenters. The fourth-order valence-corrected chi connectivity index (χ4v) is 2.68. The number of anilines is 1. The van der Waals surface area contributed by atoms with Gasteiger partial charge in [0.25, 0.3) is 0 Å². The lowest BCUT2D eigenvalue weighted by Gasteiger charge is -2.28. The van der Waals surface area contributed by atoms with Crippen LogP contribution in [0.5, 0.6) is 0 Å². The van der Waals surface area contributed by atoms with Gasteiger partial charge in [-0.3, -0.25) is 5.32 Å². The van der Waals surface area contributed by atoms with E-state index in [2.05, 4.69) is 12.2 Å². The van der Waals surface area contributed by atoms with E-state index in [1.807, 2.05) is 0 Å². The van der Waals surface area contributed by atoms with Gasteiger partial charge in [0.2, 0.25) is 0 Å². The number of benzene rings is 1. The standard InChI is InChI=1S/C14H17Cl2NO2/c1-9-5-2-3-8-12(9)19-14(18)17-11-7-4-6-10(15)13(11)16/h4,6-7,9,12H,2-3,5,8H2,1H3,(H,17,18)/t9-,12-/m1/s1. The Labute approximate surface area is 123 Å². The van der Waals surface area contributed by atoms with Crippen molar-refractivity contribution < 1.29 is 9.53 Å². The molecule has 0 spiro atoms. The maximum absolute atomic E-state index is 11.9. The third-order valence-electron chi connectivity index (χ3n) is 3.48. The molecule has 1 saturated carbocycles. The van der Waals surface area contributed by atoms with Crippen LogP contribution in [0.4, 0.5) is 10.5 Å². The van der Waals surface area contributed by atoms with Crippen LogP contribution in [0.15, 0.2) is 18.2 Å². The Kier molecular flexibility index (Phi) is 4.94. The zero-order valence-corrected chi connectivity index (χ0v) is 12.3. The second-order valence-corrected chi connectivity index (χ2v) is 5.72. The van der Waals surface area contributed by atoms with Crippen molar-refractivity contribution >= 4 is 35.0 Å². The summed E-state index contributed by atoms with van der Waals surface area (Å²) in [5.74, 6) is 0.411. The predicted octanol–water partition coefficient (Wildman–Crippen LogP) is 5.12. The van der Waals surface area contributed by atoms with Crippen molar-refractivity contribution in [3.63, 3.8) is 0 Å². The number of carbonyl (C=O) groups excluding carboxylic acids is 1. The number of hydrogen-bond donors (Lipinski definition) is 1. The average Bonchev–Trinajstić information content (AvgIpc) is 2.38. The van der Waals surface area contributed by atoms with Crippen molar-refractivity contribution in [2.75, 3.05) is 5.32 Å². The Morgan fingerprint density at radius 3 is 2.79 bits per heavy atom. The van der Waals surface area contributed by atoms with Crippen LogP contribution in [0.25, 0.3) is 0 Å². The van der Waals surface area contributed by atoms with Gasteiger partial charge in [0, 0.05) is 0 Å². The van der Waals surface area contributed by atoms with Gasteiger partial charge in [-0.25, -0.2) is 4.79 Å². The van der Waals surface area contributed by atoms with Crippen LogP contribution in [0.2, 0.25) is 10.0 Å². The second-order valence-electron chi connectivity index (χ2n) is 4.93. The van der Waals surface area contributed by atoms with E-state index >= 15 is 0 Å². The van der Waals surface area contributed by atoms with Gasteiger partial charge in [-0.2, -0.15) is 0 Å². The van der Waals surface area contributed by atoms with Gasteiger partial charge in [-0.05, 0) is 37.3 Å². The Hall–Kier alpha value is -0.930. The monoisotopic (exact) mass is 301 g/mol. The van der Waals surface area contributed by atoms with E-state index < -0.39 is 6.09 Å². The van der Waals surface area contributed by atoms with Crippen LogP contribution in [0, 0.1) is 5.92 Å². The minimum atomic E-state index is -0.470. The van der Waals surface area contributed by atoms with Gasteiger partial charge in [-0.1, -0.05) is 42.6 Å². The summed E-state index contributed by atoms with van der Waals surface area (Å²) < 4.78 is 5.45. The van der Waals surface area contributed by atoms with Crippen LogP contribution in [0.1, 0.15) is 32.6 Å². The van der Waals surface area contributed by atoms with Gasteiger partial charge in [-0.15, -0.1) is 0 Å². The van der Waals surface area contributed by atoms with Crippen LogP contribution in [-0.4, -0.2) is 12.2 Å². The van der Waals surface area contributed by atoms with Gasteiger partial charge < -0.3 is 4.74 Å². The fourth-order valence-electron chi connectivity index (χ4n) is 2.33. The summed E-state index contributed by atoms with van der Waals surface area (Å²) >= 11 is 11.9. The SMILES string of the molecule is C[C@@H]1CCCC[C@H]1OC(=O)Nc1cccc(Cl)c1Cl. The Balaban J connectivity index is 1.95. The molecule has 1 aromatic carbocycles. The lowest BCUT2D eigenvalue weighted by atomic mass is 9.88. The van der Waals surface area contributed by atoms with Gasteiger partial charge >= 0.3 is 6.09 Å². The lowest BCUT2D eigenvalue weighted by molar-refractivity contribution is 0.0524. The van der Waals surface area contributed by atoms with Crippen molar-refractivity contribution in [3.05, 3.63) is 28.2 Å². The number of ether oxygens (including phenoxy) is 1. The fraction of sp³-hybridized carbons (Fsp3) is 0.500. The molecule has 1 aromatic rings. The number of rotatable bonds is 2. The quantitative estimate of drug-likeness (QED) is 0.823. The zero-order valence-electron chi connectivity index (χ0n) is 10.8. The third kappa shape index (κ3) is 3.77. The highest BCUT2D eigenvalue weighted by Gasteiger charge is 2.25. The largest absolute Gasteiger partial charge is 0.446 e. The van der Waals surface area contributed by atoms with E-state index in [4.69, 9.17) is 27.9 Å². The summed E-state index contributed by atoms with van der Waals surface area (Å²) in [6.45, 7) is 2.11. The highest BCUT2D eigenvalue weighted by atomic mass is 35.5. The molecule has 104 valence electrons. The summed E-state index contributed by atoms with van der Waals surface area (Å²) in [7, 11) is 0. The lowest BCUT2D eigenvalue weighted by Crippen LogP contribution is -2.30. The summed E-state index contributed by atoms with van der Waals surface area (Å²) in [5, 5.41) is 3.38. The van der Waals surface area contributed by atoms with E-state index in [0.29, 0.717) is 21.7 Å². The molecular formula is C14H17Cl2NO2.